The van der Waals surface area contributed by atoms with Gasteiger partial charge in [-0.1, -0.05) is 0 Å². The van der Waals surface area contributed by atoms with Gasteiger partial charge in [0.1, 0.15) is 0 Å². The van der Waals surface area contributed by atoms with E-state index in [1.807, 2.05) is 13.8 Å². The molecule has 1 saturated heterocycles. The monoisotopic (exact) mass is 213 g/mol. The summed E-state index contributed by atoms with van der Waals surface area (Å²) in [7, 11) is 0. The van der Waals surface area contributed by atoms with E-state index < -0.39 is 5.60 Å². The maximum absolute atomic E-state index is 9.99. The molecule has 1 rings (SSSR count). The van der Waals surface area contributed by atoms with Crippen LogP contribution >= 0.6 is 0 Å². The summed E-state index contributed by atoms with van der Waals surface area (Å²) in [6.07, 6.45) is 3.75. The minimum absolute atomic E-state index is 0.210. The minimum Gasteiger partial charge on any atom is -0.389 e. The minimum atomic E-state index is -0.605. The van der Waals surface area contributed by atoms with Crippen LogP contribution in [0.4, 0.5) is 0 Å². The molecule has 0 aromatic carbocycles. The van der Waals surface area contributed by atoms with Gasteiger partial charge in [-0.3, -0.25) is 4.90 Å². The summed E-state index contributed by atoms with van der Waals surface area (Å²) in [5.74, 6) is 0. The number of β-amino-alcohol motifs (C(OH)–C–C–N with tert-alkyl or cyclic N) is 1. The highest BCUT2D eigenvalue weighted by Crippen LogP contribution is 2.38. The molecule has 0 amide bonds. The number of aliphatic hydroxyl groups is 1. The molecular formula is C13H27NO. The maximum Gasteiger partial charge on any atom is 0.0718 e. The molecule has 1 N–H and O–H groups in total. The van der Waals surface area contributed by atoms with Crippen molar-refractivity contribution in [3.8, 4) is 0 Å². The molecule has 0 unspecified atom stereocenters. The molecule has 0 saturated carbocycles. The third kappa shape index (κ3) is 3.18. The summed E-state index contributed by atoms with van der Waals surface area (Å²) < 4.78 is 0. The van der Waals surface area contributed by atoms with Crippen LogP contribution in [0, 0.1) is 0 Å². The SMILES string of the molecule is CC(C)(O)CN1C(C)(C)CCCC1(C)C. The Balaban J connectivity index is 2.87. The Morgan fingerprint density at radius 1 is 1.07 bits per heavy atom. The summed E-state index contributed by atoms with van der Waals surface area (Å²) in [6.45, 7) is 13.7. The zero-order valence-corrected chi connectivity index (χ0v) is 11.2. The first-order chi connectivity index (χ1) is 6.55. The Labute approximate surface area is 94.7 Å². The van der Waals surface area contributed by atoms with Crippen LogP contribution in [-0.4, -0.2) is 33.2 Å². The van der Waals surface area contributed by atoms with Crippen LogP contribution in [0.25, 0.3) is 0 Å². The maximum atomic E-state index is 9.99. The third-order valence-electron chi connectivity index (χ3n) is 3.58. The van der Waals surface area contributed by atoms with E-state index in [2.05, 4.69) is 32.6 Å². The van der Waals surface area contributed by atoms with Gasteiger partial charge in [-0.25, -0.2) is 0 Å². The number of nitrogens with zero attached hydrogens (tertiary/aromatic N) is 1. The lowest BCUT2D eigenvalue weighted by molar-refractivity contribution is -0.0781. The van der Waals surface area contributed by atoms with Crippen LogP contribution in [-0.2, 0) is 0 Å². The average Bonchev–Trinajstić information content (AvgIpc) is 1.95. The topological polar surface area (TPSA) is 23.5 Å². The largest absolute Gasteiger partial charge is 0.389 e. The second kappa shape index (κ2) is 3.74. The summed E-state index contributed by atoms with van der Waals surface area (Å²) in [5, 5.41) is 9.99. The molecule has 1 aliphatic heterocycles. The summed E-state index contributed by atoms with van der Waals surface area (Å²) in [4.78, 5) is 2.48. The van der Waals surface area contributed by atoms with Crippen LogP contribution < -0.4 is 0 Å². The van der Waals surface area contributed by atoms with E-state index in [1.165, 1.54) is 19.3 Å². The Morgan fingerprint density at radius 3 is 1.80 bits per heavy atom. The Morgan fingerprint density at radius 2 is 1.47 bits per heavy atom. The van der Waals surface area contributed by atoms with E-state index in [0.29, 0.717) is 0 Å². The van der Waals surface area contributed by atoms with Gasteiger partial charge in [-0.05, 0) is 60.8 Å². The summed E-state index contributed by atoms with van der Waals surface area (Å²) in [6, 6.07) is 0. The van der Waals surface area contributed by atoms with Gasteiger partial charge in [-0.2, -0.15) is 0 Å². The normalized spacial score (nSPS) is 26.6. The summed E-state index contributed by atoms with van der Waals surface area (Å²) >= 11 is 0. The fraction of sp³-hybridized carbons (Fsp3) is 1.00. The Bertz CT molecular complexity index is 209. The number of likely N-dealkylation sites (tertiary alicyclic amines) is 1. The zero-order valence-electron chi connectivity index (χ0n) is 11.2. The lowest BCUT2D eigenvalue weighted by atomic mass is 9.79. The molecule has 1 heterocycles. The Kier molecular flexibility index (Phi) is 3.24. The molecule has 0 radical (unpaired) electrons. The van der Waals surface area contributed by atoms with Gasteiger partial charge in [0.2, 0.25) is 0 Å². The first-order valence-electron chi connectivity index (χ1n) is 6.05. The second-order valence-electron chi connectivity index (χ2n) is 6.88. The van der Waals surface area contributed by atoms with E-state index in [4.69, 9.17) is 0 Å². The average molecular weight is 213 g/mol. The van der Waals surface area contributed by atoms with Crippen LogP contribution in [0.2, 0.25) is 0 Å². The highest BCUT2D eigenvalue weighted by atomic mass is 16.3. The van der Waals surface area contributed by atoms with E-state index in [-0.39, 0.29) is 11.1 Å². The van der Waals surface area contributed by atoms with Gasteiger partial charge in [0, 0.05) is 17.6 Å². The van der Waals surface area contributed by atoms with Crippen LogP contribution in [0.1, 0.15) is 60.8 Å². The predicted octanol–water partition coefficient (Wildman–Crippen LogP) is 2.80. The Hall–Kier alpha value is -0.0800. The van der Waals surface area contributed by atoms with Crippen molar-refractivity contribution >= 4 is 0 Å². The van der Waals surface area contributed by atoms with Crippen molar-refractivity contribution in [2.24, 2.45) is 0 Å². The van der Waals surface area contributed by atoms with Crippen molar-refractivity contribution in [3.05, 3.63) is 0 Å². The lowest BCUT2D eigenvalue weighted by Crippen LogP contribution is -2.61. The van der Waals surface area contributed by atoms with Crippen molar-refractivity contribution < 1.29 is 5.11 Å². The van der Waals surface area contributed by atoms with E-state index in [1.54, 1.807) is 0 Å². The lowest BCUT2D eigenvalue weighted by Gasteiger charge is -2.54. The zero-order chi connectivity index (χ0) is 11.9. The fourth-order valence-corrected chi connectivity index (χ4v) is 2.86. The number of hydrogen-bond acceptors (Lipinski definition) is 2. The number of hydrogen-bond donors (Lipinski definition) is 1. The van der Waals surface area contributed by atoms with Crippen molar-refractivity contribution in [1.82, 2.24) is 4.90 Å². The van der Waals surface area contributed by atoms with Gasteiger partial charge in [-0.15, -0.1) is 0 Å². The quantitative estimate of drug-likeness (QED) is 0.762. The highest BCUT2D eigenvalue weighted by Gasteiger charge is 2.42. The van der Waals surface area contributed by atoms with E-state index in [9.17, 15) is 5.11 Å². The van der Waals surface area contributed by atoms with Gasteiger partial charge in [0.15, 0.2) is 0 Å². The van der Waals surface area contributed by atoms with Crippen LogP contribution in [0.15, 0.2) is 0 Å². The molecule has 90 valence electrons. The first-order valence-corrected chi connectivity index (χ1v) is 6.05. The van der Waals surface area contributed by atoms with Gasteiger partial charge in [0.25, 0.3) is 0 Å². The van der Waals surface area contributed by atoms with E-state index in [0.717, 1.165) is 6.54 Å². The number of piperidine rings is 1. The van der Waals surface area contributed by atoms with Crippen molar-refractivity contribution in [2.45, 2.75) is 77.5 Å². The smallest absolute Gasteiger partial charge is 0.0718 e. The predicted molar refractivity (Wildman–Crippen MR) is 65.0 cm³/mol. The van der Waals surface area contributed by atoms with Crippen molar-refractivity contribution in [2.75, 3.05) is 6.54 Å². The molecular weight excluding hydrogens is 186 g/mol. The molecule has 0 atom stereocenters. The third-order valence-corrected chi connectivity index (χ3v) is 3.58. The molecule has 0 spiro atoms. The van der Waals surface area contributed by atoms with E-state index >= 15 is 0 Å². The van der Waals surface area contributed by atoms with Crippen LogP contribution in [0.3, 0.4) is 0 Å². The number of rotatable bonds is 2. The molecule has 2 nitrogen and oxygen atoms in total. The summed E-state index contributed by atoms with van der Waals surface area (Å²) in [5.41, 5.74) is -0.185. The standard InChI is InChI=1S/C13H27NO/c1-11(2)8-7-9-12(3,4)14(11)10-13(5,6)15/h15H,7-10H2,1-6H3. The van der Waals surface area contributed by atoms with Crippen LogP contribution in [0.5, 0.6) is 0 Å². The van der Waals surface area contributed by atoms with Gasteiger partial charge >= 0.3 is 0 Å². The highest BCUT2D eigenvalue weighted by molar-refractivity contribution is 4.98. The molecule has 2 heteroatoms. The van der Waals surface area contributed by atoms with Crippen molar-refractivity contribution in [1.29, 1.82) is 0 Å². The molecule has 0 aromatic rings. The van der Waals surface area contributed by atoms with Gasteiger partial charge in [0.05, 0.1) is 5.60 Å². The molecule has 0 bridgehead atoms. The second-order valence-corrected chi connectivity index (χ2v) is 6.88. The fourth-order valence-electron chi connectivity index (χ4n) is 2.86. The van der Waals surface area contributed by atoms with Crippen molar-refractivity contribution in [3.63, 3.8) is 0 Å². The molecule has 0 aromatic heterocycles. The molecule has 1 aliphatic rings. The van der Waals surface area contributed by atoms with Gasteiger partial charge < -0.3 is 5.11 Å². The first kappa shape index (κ1) is 13.0. The molecule has 1 fully saturated rings. The molecule has 0 aliphatic carbocycles. The molecule has 15 heavy (non-hydrogen) atoms.